The van der Waals surface area contributed by atoms with E-state index in [2.05, 4.69) is 5.32 Å². The van der Waals surface area contributed by atoms with Crippen LogP contribution in [0.1, 0.15) is 14.4 Å². The highest BCUT2D eigenvalue weighted by Gasteiger charge is 2.28. The number of nitrogens with one attached hydrogen (secondary N) is 1. The van der Waals surface area contributed by atoms with Crippen LogP contribution in [0.5, 0.6) is 11.5 Å². The molecule has 0 radical (unpaired) electrons. The standard InChI is InChI=1S/C18H20FNO3/c19-13-22-15-8-4-5-9-16(15)23-18(14-6-2-1-3-7-14)17-12-20-10-11-21-17/h1-9,17-18,20H,10-13H2/t17?,18-/m1/s1/i13H2,19-1. The highest BCUT2D eigenvalue weighted by atomic mass is 18.2. The largest absolute Gasteiger partial charge is 0.479 e. The Hall–Kier alpha value is -2.11. The molecular formula is C18H20FNO3. The van der Waals surface area contributed by atoms with Gasteiger partial charge in [-0.05, 0) is 17.7 Å². The van der Waals surface area contributed by atoms with E-state index in [0.717, 1.165) is 12.1 Å². The maximum atomic E-state index is 13.3. The number of morpholine rings is 1. The molecule has 2 atom stereocenters. The van der Waals surface area contributed by atoms with Crippen LogP contribution in [0, 0.1) is 0 Å². The zero-order valence-electron chi connectivity index (χ0n) is 14.6. The molecule has 5 heteroatoms. The molecule has 2 aromatic carbocycles. The molecule has 1 N–H and O–H groups in total. The van der Waals surface area contributed by atoms with Crippen molar-refractivity contribution >= 4 is 0 Å². The van der Waals surface area contributed by atoms with Crippen LogP contribution in [0.4, 0.5) is 4.39 Å². The first kappa shape index (κ1) is 13.3. The van der Waals surface area contributed by atoms with E-state index in [0.29, 0.717) is 13.2 Å². The number of para-hydroxylation sites is 2. The van der Waals surface area contributed by atoms with Gasteiger partial charge in [0.15, 0.2) is 17.6 Å². The van der Waals surface area contributed by atoms with Crippen LogP contribution in [0.3, 0.4) is 0 Å². The van der Waals surface area contributed by atoms with Crippen molar-refractivity contribution < 1.29 is 21.3 Å². The summed E-state index contributed by atoms with van der Waals surface area (Å²) in [5.74, 6) is 0.256. The Morgan fingerprint density at radius 2 is 1.91 bits per heavy atom. The molecule has 1 fully saturated rings. The van der Waals surface area contributed by atoms with Gasteiger partial charge >= 0.3 is 0 Å². The van der Waals surface area contributed by atoms with Gasteiger partial charge in [0.1, 0.15) is 8.85 Å². The maximum absolute atomic E-state index is 13.3. The van der Waals surface area contributed by atoms with Gasteiger partial charge in [0.25, 0.3) is 0 Å². The highest BCUT2D eigenvalue weighted by molar-refractivity contribution is 5.40. The summed E-state index contributed by atoms with van der Waals surface area (Å²) < 4.78 is 43.9. The Morgan fingerprint density at radius 3 is 2.61 bits per heavy atom. The van der Waals surface area contributed by atoms with Crippen molar-refractivity contribution in [1.29, 1.82) is 0 Å². The lowest BCUT2D eigenvalue weighted by molar-refractivity contribution is -0.0441. The molecule has 1 aliphatic rings. The molecule has 0 saturated carbocycles. The van der Waals surface area contributed by atoms with Crippen LogP contribution >= 0.6 is 0 Å². The highest BCUT2D eigenvalue weighted by Crippen LogP contribution is 2.33. The van der Waals surface area contributed by atoms with E-state index < -0.39 is 12.9 Å². The fourth-order valence-corrected chi connectivity index (χ4v) is 2.59. The van der Waals surface area contributed by atoms with E-state index >= 15 is 0 Å². The predicted octanol–water partition coefficient (Wildman–Crippen LogP) is 3.10. The van der Waals surface area contributed by atoms with Gasteiger partial charge in [-0.3, -0.25) is 0 Å². The van der Waals surface area contributed by atoms with E-state index in [1.165, 1.54) is 6.07 Å². The molecule has 0 amide bonds. The van der Waals surface area contributed by atoms with Gasteiger partial charge in [-0.25, -0.2) is 4.39 Å². The minimum atomic E-state index is -3.29. The second kappa shape index (κ2) is 7.94. The van der Waals surface area contributed by atoms with Crippen molar-refractivity contribution in [3.8, 4) is 11.5 Å². The number of rotatable bonds is 6. The molecule has 23 heavy (non-hydrogen) atoms. The predicted molar refractivity (Wildman–Crippen MR) is 85.5 cm³/mol. The van der Waals surface area contributed by atoms with Crippen LogP contribution in [0.2, 0.25) is 0 Å². The Labute approximate surface area is 138 Å². The molecule has 1 heterocycles. The van der Waals surface area contributed by atoms with Gasteiger partial charge in [0.2, 0.25) is 6.81 Å². The lowest BCUT2D eigenvalue weighted by Gasteiger charge is -2.32. The summed E-state index contributed by atoms with van der Waals surface area (Å²) in [4.78, 5) is 0. The van der Waals surface area contributed by atoms with Gasteiger partial charge < -0.3 is 19.5 Å². The fourth-order valence-electron chi connectivity index (χ4n) is 2.59. The zero-order chi connectivity index (χ0) is 17.7. The van der Waals surface area contributed by atoms with Crippen molar-refractivity contribution in [1.82, 2.24) is 5.32 Å². The SMILES string of the molecule is [1H]C([1H])([18F])Oc1ccccc1O[C@H](c1ccccc1)C1CNCCO1. The van der Waals surface area contributed by atoms with Crippen molar-refractivity contribution in [2.75, 3.05) is 26.5 Å². The average molecular weight is 316 g/mol. The van der Waals surface area contributed by atoms with Crippen LogP contribution in [0.25, 0.3) is 0 Å². The molecule has 1 saturated heterocycles. The van der Waals surface area contributed by atoms with Crippen molar-refractivity contribution in [3.63, 3.8) is 0 Å². The summed E-state index contributed by atoms with van der Waals surface area (Å²) in [5.41, 5.74) is 0.911. The minimum Gasteiger partial charge on any atom is -0.479 e. The van der Waals surface area contributed by atoms with E-state index in [9.17, 15) is 4.39 Å². The molecule has 0 aromatic heterocycles. The third-order valence-corrected chi connectivity index (χ3v) is 3.67. The van der Waals surface area contributed by atoms with E-state index in [-0.39, 0.29) is 17.6 Å². The van der Waals surface area contributed by atoms with Crippen LogP contribution < -0.4 is 14.8 Å². The maximum Gasteiger partial charge on any atom is 0.228 e. The second-order valence-electron chi connectivity index (χ2n) is 5.19. The summed E-state index contributed by atoms with van der Waals surface area (Å²) in [5, 5.41) is 3.27. The summed E-state index contributed by atoms with van der Waals surface area (Å²) in [6.07, 6.45) is -0.671. The smallest absolute Gasteiger partial charge is 0.228 e. The Balaban J connectivity index is 1.88. The average Bonchev–Trinajstić information content (AvgIpc) is 2.61. The van der Waals surface area contributed by atoms with Crippen LogP contribution in [-0.2, 0) is 4.74 Å². The molecule has 2 aromatic rings. The molecule has 0 spiro atoms. The number of ether oxygens (including phenoxy) is 3. The van der Waals surface area contributed by atoms with Crippen molar-refractivity contribution in [2.24, 2.45) is 0 Å². The molecule has 0 aliphatic carbocycles. The first-order valence-electron chi connectivity index (χ1n) is 8.54. The zero-order valence-corrected chi connectivity index (χ0v) is 12.6. The van der Waals surface area contributed by atoms with Gasteiger partial charge in [0, 0.05) is 13.1 Å². The second-order valence-corrected chi connectivity index (χ2v) is 5.19. The monoisotopic (exact) mass is 316 g/mol. The van der Waals surface area contributed by atoms with Gasteiger partial charge in [-0.2, -0.15) is 0 Å². The summed E-state index contributed by atoms with van der Waals surface area (Å²) in [7, 11) is 0. The number of benzene rings is 2. The van der Waals surface area contributed by atoms with Crippen molar-refractivity contribution in [2.45, 2.75) is 12.2 Å². The quantitative estimate of drug-likeness (QED) is 0.889. The summed E-state index contributed by atoms with van der Waals surface area (Å²) in [6, 6.07) is 16.0. The topological polar surface area (TPSA) is 39.7 Å². The summed E-state index contributed by atoms with van der Waals surface area (Å²) >= 11 is 0. The molecule has 0 bridgehead atoms. The molecule has 1 unspecified atom stereocenters. The first-order valence-corrected chi connectivity index (χ1v) is 7.54. The van der Waals surface area contributed by atoms with E-state index in [1.54, 1.807) is 18.2 Å². The molecule has 3 rings (SSSR count). The summed E-state index contributed by atoms with van der Waals surface area (Å²) in [6.45, 7) is -1.32. The lowest BCUT2D eigenvalue weighted by Crippen LogP contribution is -2.43. The Bertz CT molecular complexity index is 676. The third-order valence-electron chi connectivity index (χ3n) is 3.67. The minimum absolute atomic E-state index is 0.000278. The fraction of sp³-hybridized carbons (Fsp3) is 0.333. The van der Waals surface area contributed by atoms with Crippen molar-refractivity contribution in [3.05, 3.63) is 60.2 Å². The normalized spacial score (nSPS) is 21.0. The third kappa shape index (κ3) is 4.00. The molecule has 1 aliphatic heterocycles. The van der Waals surface area contributed by atoms with Crippen LogP contribution in [0.15, 0.2) is 54.6 Å². The van der Waals surface area contributed by atoms with Gasteiger partial charge in [-0.1, -0.05) is 42.5 Å². The Kier molecular flexibility index (Phi) is 4.61. The number of hydrogen-bond acceptors (Lipinski definition) is 4. The molecule has 122 valence electrons. The van der Waals surface area contributed by atoms with Crippen LogP contribution in [-0.4, -0.2) is 32.6 Å². The number of halogens is 1. The number of hydrogen-bond donors (Lipinski definition) is 1. The molecular weight excluding hydrogens is 296 g/mol. The van der Waals surface area contributed by atoms with Gasteiger partial charge in [0.05, 0.1) is 6.61 Å². The Morgan fingerprint density at radius 1 is 1.17 bits per heavy atom. The van der Waals surface area contributed by atoms with E-state index in [1.807, 2.05) is 30.3 Å². The van der Waals surface area contributed by atoms with Gasteiger partial charge in [-0.15, -0.1) is 0 Å². The number of alkyl halides is 1. The van der Waals surface area contributed by atoms with E-state index in [4.69, 9.17) is 17.0 Å². The molecule has 4 nitrogen and oxygen atoms in total. The first-order chi connectivity index (χ1) is 12.0. The lowest BCUT2D eigenvalue weighted by atomic mass is 10.0.